The van der Waals surface area contributed by atoms with Gasteiger partial charge in [0.2, 0.25) is 5.95 Å². The predicted molar refractivity (Wildman–Crippen MR) is 59.7 cm³/mol. The molecule has 16 heavy (non-hydrogen) atoms. The van der Waals surface area contributed by atoms with Crippen molar-refractivity contribution in [3.8, 4) is 0 Å². The highest BCUT2D eigenvalue weighted by molar-refractivity contribution is 7.99. The van der Waals surface area contributed by atoms with Gasteiger partial charge >= 0.3 is 0 Å². The van der Waals surface area contributed by atoms with E-state index in [0.717, 1.165) is 16.0 Å². The van der Waals surface area contributed by atoms with E-state index in [-0.39, 0.29) is 0 Å². The lowest BCUT2D eigenvalue weighted by Gasteiger charge is -2.02. The van der Waals surface area contributed by atoms with E-state index in [4.69, 9.17) is 5.84 Å². The van der Waals surface area contributed by atoms with Crippen molar-refractivity contribution in [3.05, 3.63) is 18.1 Å². The van der Waals surface area contributed by atoms with Crippen LogP contribution >= 0.6 is 11.8 Å². The molecule has 0 unspecified atom stereocenters. The number of hydrazine groups is 1. The van der Waals surface area contributed by atoms with Gasteiger partial charge in [-0.05, 0) is 24.8 Å². The van der Waals surface area contributed by atoms with Crippen molar-refractivity contribution >= 4 is 17.7 Å². The number of nitrogens with zero attached hydrogens (tertiary/aromatic N) is 5. The van der Waals surface area contributed by atoms with E-state index in [1.165, 1.54) is 11.8 Å². The van der Waals surface area contributed by atoms with E-state index in [1.54, 1.807) is 12.3 Å². The molecule has 0 atom stereocenters. The van der Waals surface area contributed by atoms with E-state index in [2.05, 4.69) is 25.6 Å². The summed E-state index contributed by atoms with van der Waals surface area (Å²) >= 11 is 1.41. The third-order valence-corrected chi connectivity index (χ3v) is 2.98. The quantitative estimate of drug-likeness (QED) is 0.452. The second kappa shape index (κ2) is 4.45. The van der Waals surface area contributed by atoms with Gasteiger partial charge in [0, 0.05) is 13.2 Å². The normalized spacial score (nSPS) is 10.4. The Morgan fingerprint density at radius 1 is 1.44 bits per heavy atom. The molecule has 8 heteroatoms. The molecular weight excluding hydrogens is 226 g/mol. The Balaban J connectivity index is 2.23. The van der Waals surface area contributed by atoms with Gasteiger partial charge in [-0.15, -0.1) is 10.2 Å². The fourth-order valence-corrected chi connectivity index (χ4v) is 1.84. The minimum atomic E-state index is 0.379. The number of nitrogens with one attached hydrogen (secondary N) is 1. The Morgan fingerprint density at radius 2 is 2.25 bits per heavy atom. The predicted octanol–water partition coefficient (Wildman–Crippen LogP) is 0.350. The van der Waals surface area contributed by atoms with Gasteiger partial charge in [0.15, 0.2) is 5.16 Å². The second-order valence-corrected chi connectivity index (χ2v) is 4.04. The van der Waals surface area contributed by atoms with Crippen LogP contribution in [0.5, 0.6) is 0 Å². The highest BCUT2D eigenvalue weighted by Gasteiger charge is 2.08. The smallest absolute Gasteiger partial charge is 0.238 e. The van der Waals surface area contributed by atoms with Crippen molar-refractivity contribution in [2.45, 2.75) is 17.1 Å². The molecule has 84 valence electrons. The van der Waals surface area contributed by atoms with Crippen molar-refractivity contribution in [1.82, 2.24) is 24.7 Å². The second-order valence-electron chi connectivity index (χ2n) is 3.05. The molecule has 0 saturated heterocycles. The standard InChI is InChI=1S/C8H11N7S/c1-5-13-14-8(15(5)2)16-6-3-4-10-7(11-6)12-9/h3-4H,9H2,1-2H3,(H,10,11,12). The van der Waals surface area contributed by atoms with Crippen LogP contribution in [-0.4, -0.2) is 24.7 Å². The summed E-state index contributed by atoms with van der Waals surface area (Å²) in [4.78, 5) is 8.10. The van der Waals surface area contributed by atoms with Gasteiger partial charge in [-0.1, -0.05) is 0 Å². The summed E-state index contributed by atoms with van der Waals surface area (Å²) < 4.78 is 1.89. The number of nitrogens with two attached hydrogens (primary N) is 1. The molecule has 0 aliphatic rings. The van der Waals surface area contributed by atoms with E-state index in [9.17, 15) is 0 Å². The molecule has 0 amide bonds. The van der Waals surface area contributed by atoms with Crippen LogP contribution in [0.2, 0.25) is 0 Å². The number of rotatable bonds is 3. The van der Waals surface area contributed by atoms with E-state index in [0.29, 0.717) is 5.95 Å². The van der Waals surface area contributed by atoms with Crippen molar-refractivity contribution in [1.29, 1.82) is 0 Å². The highest BCUT2D eigenvalue weighted by atomic mass is 32.2. The molecule has 0 aliphatic heterocycles. The Hall–Kier alpha value is -1.67. The molecule has 0 aliphatic carbocycles. The first-order chi connectivity index (χ1) is 7.70. The molecule has 0 saturated carbocycles. The SMILES string of the molecule is Cc1nnc(Sc2ccnc(NN)n2)n1C. The number of anilines is 1. The molecule has 0 aromatic carbocycles. The van der Waals surface area contributed by atoms with E-state index < -0.39 is 0 Å². The molecule has 0 spiro atoms. The summed E-state index contributed by atoms with van der Waals surface area (Å²) in [5, 5.41) is 9.53. The minimum Gasteiger partial charge on any atom is -0.309 e. The average molecular weight is 237 g/mol. The van der Waals surface area contributed by atoms with E-state index >= 15 is 0 Å². The van der Waals surface area contributed by atoms with E-state index in [1.807, 2.05) is 18.5 Å². The Morgan fingerprint density at radius 3 is 2.88 bits per heavy atom. The molecule has 0 bridgehead atoms. The van der Waals surface area contributed by atoms with Gasteiger partial charge in [-0.3, -0.25) is 5.43 Å². The Bertz CT molecular complexity index is 495. The van der Waals surface area contributed by atoms with Crippen LogP contribution in [0.4, 0.5) is 5.95 Å². The third kappa shape index (κ3) is 2.12. The third-order valence-electron chi connectivity index (χ3n) is 2.01. The Kier molecular flexibility index (Phi) is 3.02. The lowest BCUT2D eigenvalue weighted by molar-refractivity contribution is 0.764. The minimum absolute atomic E-state index is 0.379. The monoisotopic (exact) mass is 237 g/mol. The largest absolute Gasteiger partial charge is 0.309 e. The van der Waals surface area contributed by atoms with Crippen LogP contribution in [0.25, 0.3) is 0 Å². The number of nitrogen functional groups attached to an aromatic ring is 1. The summed E-state index contributed by atoms with van der Waals surface area (Å²) in [5.74, 6) is 6.46. The molecule has 3 N–H and O–H groups in total. The Labute approximate surface area is 96.5 Å². The van der Waals surface area contributed by atoms with Gasteiger partial charge in [0.05, 0.1) is 0 Å². The lowest BCUT2D eigenvalue weighted by atomic mass is 10.7. The van der Waals surface area contributed by atoms with Gasteiger partial charge < -0.3 is 4.57 Å². The fourth-order valence-electron chi connectivity index (χ4n) is 1.04. The molecule has 0 fully saturated rings. The summed E-state index contributed by atoms with van der Waals surface area (Å²) in [6.45, 7) is 1.89. The number of aromatic nitrogens is 5. The molecule has 0 radical (unpaired) electrons. The number of hydrogen-bond acceptors (Lipinski definition) is 7. The molecule has 2 aromatic heterocycles. The molecule has 2 heterocycles. The molecule has 7 nitrogen and oxygen atoms in total. The zero-order valence-electron chi connectivity index (χ0n) is 8.88. The first kappa shape index (κ1) is 10.8. The maximum atomic E-state index is 5.23. The summed E-state index contributed by atoms with van der Waals surface area (Å²) in [7, 11) is 1.90. The van der Waals surface area contributed by atoms with Gasteiger partial charge in [-0.2, -0.15) is 0 Å². The summed E-state index contributed by atoms with van der Waals surface area (Å²) in [6.07, 6.45) is 1.63. The van der Waals surface area contributed by atoms with Gasteiger partial charge in [-0.25, -0.2) is 15.8 Å². The zero-order valence-corrected chi connectivity index (χ0v) is 9.69. The summed E-state index contributed by atoms with van der Waals surface area (Å²) in [5.41, 5.74) is 2.39. The molecular formula is C8H11N7S. The molecule has 2 rings (SSSR count). The fraction of sp³-hybridized carbons (Fsp3) is 0.250. The van der Waals surface area contributed by atoms with Crippen LogP contribution in [0.3, 0.4) is 0 Å². The maximum absolute atomic E-state index is 5.23. The number of aryl methyl sites for hydroxylation is 1. The van der Waals surface area contributed by atoms with Crippen LogP contribution < -0.4 is 11.3 Å². The van der Waals surface area contributed by atoms with Crippen molar-refractivity contribution in [2.24, 2.45) is 12.9 Å². The summed E-state index contributed by atoms with van der Waals surface area (Å²) in [6, 6.07) is 1.79. The van der Waals surface area contributed by atoms with Crippen LogP contribution in [-0.2, 0) is 7.05 Å². The topological polar surface area (TPSA) is 94.5 Å². The van der Waals surface area contributed by atoms with Crippen molar-refractivity contribution in [3.63, 3.8) is 0 Å². The lowest BCUT2D eigenvalue weighted by Crippen LogP contribution is -2.10. The first-order valence-electron chi connectivity index (χ1n) is 4.54. The first-order valence-corrected chi connectivity index (χ1v) is 5.36. The maximum Gasteiger partial charge on any atom is 0.238 e. The highest BCUT2D eigenvalue weighted by Crippen LogP contribution is 2.24. The van der Waals surface area contributed by atoms with Crippen molar-refractivity contribution < 1.29 is 0 Å². The van der Waals surface area contributed by atoms with Crippen LogP contribution in [0.15, 0.2) is 22.4 Å². The van der Waals surface area contributed by atoms with Gasteiger partial charge in [0.1, 0.15) is 10.9 Å². The van der Waals surface area contributed by atoms with Gasteiger partial charge in [0.25, 0.3) is 0 Å². The van der Waals surface area contributed by atoms with Crippen molar-refractivity contribution in [2.75, 3.05) is 5.43 Å². The zero-order chi connectivity index (χ0) is 11.5. The van der Waals surface area contributed by atoms with Crippen LogP contribution in [0, 0.1) is 6.92 Å². The molecule has 2 aromatic rings. The van der Waals surface area contributed by atoms with Crippen LogP contribution in [0.1, 0.15) is 5.82 Å². The average Bonchev–Trinajstić information content (AvgIpc) is 2.61. The number of hydrogen-bond donors (Lipinski definition) is 2.